The molecule has 1 saturated heterocycles. The molecule has 0 atom stereocenters. The van der Waals surface area contributed by atoms with E-state index in [0.29, 0.717) is 30.9 Å². The number of hydrogen-bond acceptors (Lipinski definition) is 6. The summed E-state index contributed by atoms with van der Waals surface area (Å²) in [6, 6.07) is 0. The lowest BCUT2D eigenvalue weighted by atomic mass is 9.80. The molecule has 1 amide bonds. The fourth-order valence-corrected chi connectivity index (χ4v) is 2.26. The molecule has 0 unspecified atom stereocenters. The molecule has 0 aliphatic carbocycles. The van der Waals surface area contributed by atoms with Crippen molar-refractivity contribution < 1.29 is 19.4 Å². The number of nitrogens with zero attached hydrogens (tertiary/aromatic N) is 2. The van der Waals surface area contributed by atoms with Gasteiger partial charge < -0.3 is 15.2 Å². The van der Waals surface area contributed by atoms with Gasteiger partial charge in [0.15, 0.2) is 0 Å². The van der Waals surface area contributed by atoms with Crippen LogP contribution < -0.4 is 5.32 Å². The summed E-state index contributed by atoms with van der Waals surface area (Å²) in [5.74, 6) is -1.23. The number of aliphatic carboxylic acids is 1. The molecular weight excluding hydrogens is 258 g/mol. The normalized spacial score (nSPS) is 18.2. The molecule has 18 heavy (non-hydrogen) atoms. The molecule has 1 aromatic rings. The standard InChI is InChI=1S/C10H13N3O4S/c14-8(7-5-12-13-18-7)11-6-10(9(15)16)1-3-17-4-2-10/h5H,1-4,6H2,(H,11,14)(H,15,16). The molecule has 0 bridgehead atoms. The van der Waals surface area contributed by atoms with Gasteiger partial charge in [-0.3, -0.25) is 9.59 Å². The summed E-state index contributed by atoms with van der Waals surface area (Å²) in [7, 11) is 0. The molecule has 8 heteroatoms. The molecule has 0 spiro atoms. The Morgan fingerprint density at radius 3 is 2.78 bits per heavy atom. The van der Waals surface area contributed by atoms with Gasteiger partial charge in [0, 0.05) is 19.8 Å². The lowest BCUT2D eigenvalue weighted by molar-refractivity contribution is -0.154. The van der Waals surface area contributed by atoms with Crippen LogP contribution in [-0.4, -0.2) is 46.3 Å². The van der Waals surface area contributed by atoms with Gasteiger partial charge in [0.1, 0.15) is 4.88 Å². The predicted molar refractivity (Wildman–Crippen MR) is 62.4 cm³/mol. The van der Waals surface area contributed by atoms with Crippen LogP contribution in [0.5, 0.6) is 0 Å². The molecule has 0 radical (unpaired) electrons. The van der Waals surface area contributed by atoms with Gasteiger partial charge in [-0.1, -0.05) is 4.49 Å². The van der Waals surface area contributed by atoms with Gasteiger partial charge in [-0.25, -0.2) is 0 Å². The zero-order valence-electron chi connectivity index (χ0n) is 9.59. The Morgan fingerprint density at radius 1 is 1.50 bits per heavy atom. The van der Waals surface area contributed by atoms with E-state index in [-0.39, 0.29) is 12.5 Å². The summed E-state index contributed by atoms with van der Waals surface area (Å²) in [6.45, 7) is 0.914. The van der Waals surface area contributed by atoms with E-state index in [1.807, 2.05) is 0 Å². The monoisotopic (exact) mass is 271 g/mol. The Labute approximate surface area is 107 Å². The van der Waals surface area contributed by atoms with Gasteiger partial charge in [0.2, 0.25) is 0 Å². The van der Waals surface area contributed by atoms with Crippen molar-refractivity contribution in [2.75, 3.05) is 19.8 Å². The highest BCUT2D eigenvalue weighted by Crippen LogP contribution is 2.30. The van der Waals surface area contributed by atoms with Crippen LogP contribution in [0, 0.1) is 5.41 Å². The number of hydrogen-bond donors (Lipinski definition) is 2. The van der Waals surface area contributed by atoms with E-state index < -0.39 is 11.4 Å². The molecule has 1 aliphatic rings. The molecular formula is C10H13N3O4S. The Balaban J connectivity index is 1.98. The third kappa shape index (κ3) is 2.65. The van der Waals surface area contributed by atoms with Gasteiger partial charge in [-0.05, 0) is 24.4 Å². The van der Waals surface area contributed by atoms with Gasteiger partial charge in [0.05, 0.1) is 11.6 Å². The van der Waals surface area contributed by atoms with Crippen LogP contribution in [0.3, 0.4) is 0 Å². The van der Waals surface area contributed by atoms with E-state index in [9.17, 15) is 14.7 Å². The second kappa shape index (κ2) is 5.40. The summed E-state index contributed by atoms with van der Waals surface area (Å²) in [6.07, 6.45) is 2.17. The third-order valence-corrected chi connectivity index (χ3v) is 3.74. The molecule has 2 N–H and O–H groups in total. The van der Waals surface area contributed by atoms with E-state index in [4.69, 9.17) is 4.74 Å². The van der Waals surface area contributed by atoms with Crippen LogP contribution in [0.4, 0.5) is 0 Å². The minimum atomic E-state index is -0.925. The number of amides is 1. The number of nitrogens with one attached hydrogen (secondary N) is 1. The average molecular weight is 271 g/mol. The maximum Gasteiger partial charge on any atom is 0.311 e. The highest BCUT2D eigenvalue weighted by Gasteiger charge is 2.40. The van der Waals surface area contributed by atoms with Crippen LogP contribution >= 0.6 is 11.5 Å². The van der Waals surface area contributed by atoms with E-state index in [2.05, 4.69) is 14.9 Å². The first-order chi connectivity index (χ1) is 8.64. The Kier molecular flexibility index (Phi) is 3.87. The third-order valence-electron chi connectivity index (χ3n) is 3.08. The number of carbonyl (C=O) groups is 2. The van der Waals surface area contributed by atoms with Gasteiger partial charge in [-0.2, -0.15) is 0 Å². The summed E-state index contributed by atoms with van der Waals surface area (Å²) >= 11 is 0.980. The van der Waals surface area contributed by atoms with Crippen LogP contribution in [0.25, 0.3) is 0 Å². The number of carboxylic acid groups (broad SMARTS) is 1. The second-order valence-corrected chi connectivity index (χ2v) is 4.95. The van der Waals surface area contributed by atoms with Crippen molar-refractivity contribution in [2.24, 2.45) is 5.41 Å². The van der Waals surface area contributed by atoms with Crippen molar-refractivity contribution in [2.45, 2.75) is 12.8 Å². The van der Waals surface area contributed by atoms with Crippen molar-refractivity contribution in [3.05, 3.63) is 11.1 Å². The zero-order chi connectivity index (χ0) is 13.0. The number of carboxylic acids is 1. The number of aromatic nitrogens is 2. The maximum atomic E-state index is 11.7. The Hall–Kier alpha value is -1.54. The minimum absolute atomic E-state index is 0.0996. The van der Waals surface area contributed by atoms with Crippen molar-refractivity contribution in [1.29, 1.82) is 0 Å². The van der Waals surface area contributed by atoms with Gasteiger partial charge in [-0.15, -0.1) is 5.10 Å². The van der Waals surface area contributed by atoms with Gasteiger partial charge in [0.25, 0.3) is 5.91 Å². The maximum absolute atomic E-state index is 11.7. The molecule has 0 saturated carbocycles. The van der Waals surface area contributed by atoms with Crippen LogP contribution in [0.2, 0.25) is 0 Å². The molecule has 2 heterocycles. The molecule has 7 nitrogen and oxygen atoms in total. The van der Waals surface area contributed by atoms with Gasteiger partial charge >= 0.3 is 5.97 Å². The number of ether oxygens (including phenoxy) is 1. The number of carbonyl (C=O) groups excluding carboxylic acids is 1. The molecule has 1 fully saturated rings. The lowest BCUT2D eigenvalue weighted by Gasteiger charge is -2.32. The summed E-state index contributed by atoms with van der Waals surface area (Å²) < 4.78 is 8.74. The fraction of sp³-hybridized carbons (Fsp3) is 0.600. The van der Waals surface area contributed by atoms with E-state index in [0.717, 1.165) is 11.5 Å². The number of rotatable bonds is 4. The van der Waals surface area contributed by atoms with Crippen LogP contribution in [-0.2, 0) is 9.53 Å². The first-order valence-electron chi connectivity index (χ1n) is 5.51. The topological polar surface area (TPSA) is 101 Å². The molecule has 98 valence electrons. The Bertz CT molecular complexity index is 428. The second-order valence-electron chi connectivity index (χ2n) is 4.16. The summed E-state index contributed by atoms with van der Waals surface area (Å²) in [5, 5.41) is 15.5. The van der Waals surface area contributed by atoms with Crippen molar-refractivity contribution in [3.63, 3.8) is 0 Å². The van der Waals surface area contributed by atoms with Crippen molar-refractivity contribution >= 4 is 23.4 Å². The largest absolute Gasteiger partial charge is 0.481 e. The SMILES string of the molecule is O=C(NCC1(C(=O)O)CCOCC1)c1cnns1. The highest BCUT2D eigenvalue weighted by molar-refractivity contribution is 7.07. The first-order valence-corrected chi connectivity index (χ1v) is 6.28. The molecule has 1 aromatic heterocycles. The van der Waals surface area contributed by atoms with Crippen molar-refractivity contribution in [3.8, 4) is 0 Å². The smallest absolute Gasteiger partial charge is 0.311 e. The lowest BCUT2D eigenvalue weighted by Crippen LogP contribution is -2.46. The van der Waals surface area contributed by atoms with E-state index in [1.54, 1.807) is 0 Å². The fourth-order valence-electron chi connectivity index (χ4n) is 1.83. The quantitative estimate of drug-likeness (QED) is 0.808. The van der Waals surface area contributed by atoms with E-state index in [1.165, 1.54) is 6.20 Å². The summed E-state index contributed by atoms with van der Waals surface area (Å²) in [4.78, 5) is 23.4. The molecule has 1 aliphatic heterocycles. The van der Waals surface area contributed by atoms with Crippen molar-refractivity contribution in [1.82, 2.24) is 14.9 Å². The van der Waals surface area contributed by atoms with E-state index >= 15 is 0 Å². The minimum Gasteiger partial charge on any atom is -0.481 e. The first kappa shape index (κ1) is 12.9. The molecule has 0 aromatic carbocycles. The predicted octanol–water partition coefficient (Wildman–Crippen LogP) is 0.149. The Morgan fingerprint density at radius 2 is 2.22 bits per heavy atom. The zero-order valence-corrected chi connectivity index (χ0v) is 10.4. The van der Waals surface area contributed by atoms with Crippen LogP contribution in [0.15, 0.2) is 6.20 Å². The average Bonchev–Trinajstić information content (AvgIpc) is 2.91. The highest BCUT2D eigenvalue weighted by atomic mass is 32.1. The summed E-state index contributed by atoms with van der Waals surface area (Å²) in [5.41, 5.74) is -0.925. The van der Waals surface area contributed by atoms with Crippen LogP contribution in [0.1, 0.15) is 22.5 Å². The molecule has 2 rings (SSSR count).